The van der Waals surface area contributed by atoms with Crippen molar-refractivity contribution >= 4 is 23.5 Å². The molecule has 0 unspecified atom stereocenters. The van der Waals surface area contributed by atoms with Crippen LogP contribution in [0.25, 0.3) is 0 Å². The molecule has 0 heterocycles. The van der Waals surface area contributed by atoms with Crippen molar-refractivity contribution in [1.29, 1.82) is 0 Å². The normalized spacial score (nSPS) is 7.43. The van der Waals surface area contributed by atoms with E-state index in [1.165, 1.54) is 7.71 Å². The van der Waals surface area contributed by atoms with E-state index in [9.17, 15) is 0 Å². The summed E-state index contributed by atoms with van der Waals surface area (Å²) >= 11 is 0. The van der Waals surface area contributed by atoms with Crippen molar-refractivity contribution < 1.29 is 0 Å². The van der Waals surface area contributed by atoms with Crippen LogP contribution in [0.3, 0.4) is 0 Å². The summed E-state index contributed by atoms with van der Waals surface area (Å²) in [5.74, 6) is 0. The molecule has 0 radical (unpaired) electrons. The molecule has 0 bridgehead atoms. The fraction of sp³-hybridized carbons (Fsp3) is 1.00. The second-order valence-corrected chi connectivity index (χ2v) is 15.4. The molecule has 0 spiro atoms. The van der Waals surface area contributed by atoms with E-state index in [2.05, 4.69) is 26.2 Å². The largest absolute Gasteiger partial charge is 0.0993 e. The Bertz CT molecular complexity index is 98.9. The summed E-state index contributed by atoms with van der Waals surface area (Å²) in [5.41, 5.74) is 0. The third-order valence-corrected chi connectivity index (χ3v) is 13.5. The van der Waals surface area contributed by atoms with Crippen LogP contribution in [0, 0.1) is 0 Å². The lowest BCUT2D eigenvalue weighted by atomic mass is 11.9. The number of hydrogen-bond donors (Lipinski definition) is 0. The van der Waals surface area contributed by atoms with Gasteiger partial charge in [-0.2, -0.15) is 0 Å². The first-order valence-corrected chi connectivity index (χ1v) is 10.5. The Balaban J connectivity index is 4.13. The zero-order valence-electron chi connectivity index (χ0n) is 5.50. The van der Waals surface area contributed by atoms with Gasteiger partial charge in [0.2, 0.25) is 0 Å². The zero-order valence-corrected chi connectivity index (χ0v) is 8.50. The fourth-order valence-corrected chi connectivity index (χ4v) is 13.5. The molecule has 0 amide bonds. The molecule has 0 aliphatic carbocycles. The highest BCUT2D eigenvalue weighted by Crippen LogP contribution is 1.59. The summed E-state index contributed by atoms with van der Waals surface area (Å²) in [4.78, 5) is 0. The van der Waals surface area contributed by atoms with Crippen molar-refractivity contribution in [3.05, 3.63) is 0 Å². The highest BCUT2D eigenvalue weighted by molar-refractivity contribution is 7.01. The topological polar surface area (TPSA) is 0 Å². The number of rotatable bonds is 0. The molecule has 3 heteroatoms. The van der Waals surface area contributed by atoms with Gasteiger partial charge in [0.05, 0.1) is 0 Å². The Morgan fingerprint density at radius 2 is 1.14 bits per heavy atom. The average Bonchev–Trinajstić information content (AvgIpc) is 1.27. The molecule has 0 aromatic carbocycles. The molecule has 0 aliphatic heterocycles. The molecular formula is C4H12Si3. The Hall–Kier alpha value is 0.651. The molecule has 0 saturated heterocycles. The zero-order chi connectivity index (χ0) is 5.86. The van der Waals surface area contributed by atoms with Gasteiger partial charge in [-0.3, -0.25) is 0 Å². The van der Waals surface area contributed by atoms with E-state index in [0.717, 1.165) is 0 Å². The van der Waals surface area contributed by atoms with Gasteiger partial charge in [-0.05, 0) is 0 Å². The molecule has 0 fully saturated rings. The molecule has 0 atom stereocenters. The monoisotopic (exact) mass is 144 g/mol. The van der Waals surface area contributed by atoms with Crippen molar-refractivity contribution in [2.45, 2.75) is 26.2 Å². The molecule has 0 nitrogen and oxygen atoms in total. The van der Waals surface area contributed by atoms with Crippen molar-refractivity contribution in [2.24, 2.45) is 0 Å². The Morgan fingerprint density at radius 1 is 0.857 bits per heavy atom. The number of hydrogen-bond acceptors (Lipinski definition) is 0. The van der Waals surface area contributed by atoms with Crippen LogP contribution in [-0.4, -0.2) is 23.5 Å². The van der Waals surface area contributed by atoms with Gasteiger partial charge >= 0.3 is 0 Å². The van der Waals surface area contributed by atoms with Crippen molar-refractivity contribution in [3.8, 4) is 0 Å². The van der Waals surface area contributed by atoms with E-state index < -0.39 is 0 Å². The van der Waals surface area contributed by atoms with Crippen LogP contribution in [0.2, 0.25) is 26.2 Å². The highest BCUT2D eigenvalue weighted by Gasteiger charge is 1.71. The summed E-state index contributed by atoms with van der Waals surface area (Å²) in [6, 6.07) is 0. The summed E-state index contributed by atoms with van der Waals surface area (Å²) in [6.45, 7) is 9.61. The average molecular weight is 144 g/mol. The molecule has 0 rings (SSSR count). The van der Waals surface area contributed by atoms with Gasteiger partial charge in [0, 0.05) is 15.8 Å². The minimum absolute atomic E-state index is 0.139. The predicted octanol–water partition coefficient (Wildman–Crippen LogP) is 1.19. The standard InChI is InChI=1S/C4H12Si3/c1-6(2)5-7(3)4/h1-4H3. The molecular weight excluding hydrogens is 132 g/mol. The Labute approximate surface area is 50.2 Å². The second-order valence-electron chi connectivity index (χ2n) is 2.12. The van der Waals surface area contributed by atoms with E-state index >= 15 is 0 Å². The van der Waals surface area contributed by atoms with E-state index in [4.69, 9.17) is 0 Å². The maximum atomic E-state index is 2.40. The quantitative estimate of drug-likeness (QED) is 0.448. The molecule has 0 aromatic rings. The Morgan fingerprint density at radius 3 is 1.14 bits per heavy atom. The van der Waals surface area contributed by atoms with Gasteiger partial charge < -0.3 is 0 Å². The molecule has 0 N–H and O–H groups in total. The van der Waals surface area contributed by atoms with Crippen LogP contribution in [0.5, 0.6) is 0 Å². The maximum Gasteiger partial charge on any atom is 0.0180 e. The van der Waals surface area contributed by atoms with E-state index in [-0.39, 0.29) is 15.8 Å². The van der Waals surface area contributed by atoms with Crippen molar-refractivity contribution in [2.75, 3.05) is 0 Å². The molecule has 0 saturated carbocycles. The summed E-state index contributed by atoms with van der Waals surface area (Å²) in [6.07, 6.45) is 0. The van der Waals surface area contributed by atoms with Gasteiger partial charge in [-0.1, -0.05) is 33.9 Å². The summed E-state index contributed by atoms with van der Waals surface area (Å²) < 4.78 is 0. The third-order valence-electron chi connectivity index (χ3n) is 0.500. The van der Waals surface area contributed by atoms with Crippen LogP contribution in [0.4, 0.5) is 0 Å². The third kappa shape index (κ3) is 6.65. The minimum atomic E-state index is 0.139. The maximum absolute atomic E-state index is 2.40. The van der Waals surface area contributed by atoms with Crippen LogP contribution in [0.15, 0.2) is 0 Å². The highest BCUT2D eigenvalue weighted by atomic mass is 29.1. The van der Waals surface area contributed by atoms with Crippen LogP contribution >= 0.6 is 0 Å². The minimum Gasteiger partial charge on any atom is -0.0993 e. The SMILES string of the molecule is C[Si](C)=[Si]=[Si](C)C. The van der Waals surface area contributed by atoms with E-state index in [1.54, 1.807) is 0 Å². The van der Waals surface area contributed by atoms with Crippen LogP contribution in [-0.2, 0) is 0 Å². The van der Waals surface area contributed by atoms with Gasteiger partial charge in [0.1, 0.15) is 0 Å². The van der Waals surface area contributed by atoms with Crippen LogP contribution in [0.1, 0.15) is 0 Å². The first-order chi connectivity index (χ1) is 3.13. The first kappa shape index (κ1) is 7.65. The fourth-order valence-electron chi connectivity index (χ4n) is 0.500. The Kier molecular flexibility index (Phi) is 3.97. The predicted molar refractivity (Wildman–Crippen MR) is 40.7 cm³/mol. The lowest BCUT2D eigenvalue weighted by Crippen LogP contribution is -1.94. The molecule has 0 aliphatic rings. The summed E-state index contributed by atoms with van der Waals surface area (Å²) in [7, 11) is 1.63. The van der Waals surface area contributed by atoms with Gasteiger partial charge in [0.25, 0.3) is 0 Å². The van der Waals surface area contributed by atoms with Crippen molar-refractivity contribution in [3.63, 3.8) is 0 Å². The molecule has 40 valence electrons. The lowest BCUT2D eigenvalue weighted by Gasteiger charge is -1.76. The second kappa shape index (κ2) is 3.63. The van der Waals surface area contributed by atoms with Gasteiger partial charge in [-0.25, -0.2) is 0 Å². The van der Waals surface area contributed by atoms with Crippen molar-refractivity contribution in [1.82, 2.24) is 0 Å². The van der Waals surface area contributed by atoms with Gasteiger partial charge in [-0.15, -0.1) is 0 Å². The van der Waals surface area contributed by atoms with Crippen LogP contribution < -0.4 is 0 Å². The first-order valence-electron chi connectivity index (χ1n) is 2.50. The summed E-state index contributed by atoms with van der Waals surface area (Å²) in [5, 5.41) is 0. The van der Waals surface area contributed by atoms with E-state index in [1.807, 2.05) is 0 Å². The van der Waals surface area contributed by atoms with Gasteiger partial charge in [0.15, 0.2) is 0 Å². The van der Waals surface area contributed by atoms with E-state index in [0.29, 0.717) is 0 Å². The molecule has 0 aromatic heterocycles. The lowest BCUT2D eigenvalue weighted by molar-refractivity contribution is 2.10. The smallest absolute Gasteiger partial charge is 0.0180 e. The molecule has 7 heavy (non-hydrogen) atoms.